The van der Waals surface area contributed by atoms with E-state index in [0.717, 1.165) is 0 Å². The number of hydrogen-bond acceptors (Lipinski definition) is 7. The van der Waals surface area contributed by atoms with Gasteiger partial charge in [-0.3, -0.25) is 19.5 Å². The first kappa shape index (κ1) is 30.9. The van der Waals surface area contributed by atoms with E-state index < -0.39 is 17.3 Å². The molecule has 12 heteroatoms. The normalized spacial score (nSPS) is 17.1. The summed E-state index contributed by atoms with van der Waals surface area (Å²) in [7, 11) is 1.61. The summed E-state index contributed by atoms with van der Waals surface area (Å²) in [6.07, 6.45) is 4.37. The number of nitrogens with zero attached hydrogens (tertiary/aromatic N) is 6. The van der Waals surface area contributed by atoms with Gasteiger partial charge in [-0.15, -0.1) is 0 Å². The Bertz CT molecular complexity index is 2070. The first-order valence-corrected chi connectivity index (χ1v) is 15.2. The van der Waals surface area contributed by atoms with Crippen LogP contribution in [0.1, 0.15) is 26.3 Å². The van der Waals surface area contributed by atoms with E-state index in [4.69, 9.17) is 0 Å². The summed E-state index contributed by atoms with van der Waals surface area (Å²) in [5, 5.41) is 10.9. The quantitative estimate of drug-likeness (QED) is 0.171. The smallest absolute Gasteiger partial charge is 0.354 e. The molecule has 0 bridgehead atoms. The Balaban J connectivity index is 1.78. The molecule has 2 aromatic heterocycles. The third kappa shape index (κ3) is 4.62. The SMILES string of the molecule is C=CC(=O)N1CCN2c3nc(=O)n(/C(C(=NC)C(C)C)=C(\C)C=C)c4c(F)c(-c5c(C)ccc6[nH]ncc56)c(F)c(c34)NCC2C1. The van der Waals surface area contributed by atoms with E-state index in [1.54, 1.807) is 44.0 Å². The van der Waals surface area contributed by atoms with Crippen molar-refractivity contribution in [3.05, 3.63) is 76.9 Å². The Kier molecular flexibility index (Phi) is 7.83. The largest absolute Gasteiger partial charge is 0.380 e. The number of piperazine rings is 1. The molecule has 1 saturated heterocycles. The maximum Gasteiger partial charge on any atom is 0.354 e. The highest BCUT2D eigenvalue weighted by Gasteiger charge is 2.38. The fourth-order valence-electron chi connectivity index (χ4n) is 6.74. The van der Waals surface area contributed by atoms with Crippen molar-refractivity contribution in [1.82, 2.24) is 24.6 Å². The maximum absolute atomic E-state index is 17.6. The fourth-order valence-corrected chi connectivity index (χ4v) is 6.74. The number of carbonyl (C=O) groups is 1. The van der Waals surface area contributed by atoms with Gasteiger partial charge in [0, 0.05) is 44.2 Å². The average molecular weight is 627 g/mol. The highest BCUT2D eigenvalue weighted by Crippen LogP contribution is 2.46. The molecule has 0 saturated carbocycles. The van der Waals surface area contributed by atoms with E-state index in [9.17, 15) is 9.59 Å². The molecule has 10 nitrogen and oxygen atoms in total. The fraction of sp³-hybridized carbons (Fsp3) is 0.324. The molecule has 4 aromatic rings. The van der Waals surface area contributed by atoms with Crippen molar-refractivity contribution < 1.29 is 13.6 Å². The Morgan fingerprint density at radius 2 is 1.91 bits per heavy atom. The minimum atomic E-state index is -0.914. The zero-order valence-corrected chi connectivity index (χ0v) is 26.5. The van der Waals surface area contributed by atoms with Crippen LogP contribution in [0, 0.1) is 24.5 Å². The van der Waals surface area contributed by atoms with Crippen LogP contribution in [0.5, 0.6) is 0 Å². The van der Waals surface area contributed by atoms with Crippen LogP contribution in [0.25, 0.3) is 38.6 Å². The highest BCUT2D eigenvalue weighted by atomic mass is 19.1. The molecule has 1 amide bonds. The first-order chi connectivity index (χ1) is 22.0. The Labute approximate surface area is 264 Å². The predicted molar refractivity (Wildman–Crippen MR) is 179 cm³/mol. The topological polar surface area (TPSA) is 112 Å². The van der Waals surface area contributed by atoms with Crippen LogP contribution < -0.4 is 15.9 Å². The van der Waals surface area contributed by atoms with Gasteiger partial charge in [-0.05, 0) is 43.0 Å². The lowest BCUT2D eigenvalue weighted by Gasteiger charge is -2.41. The Hall–Kier alpha value is -5.13. The summed E-state index contributed by atoms with van der Waals surface area (Å²) in [5.74, 6) is -1.96. The third-order valence-electron chi connectivity index (χ3n) is 8.96. The van der Waals surface area contributed by atoms with Crippen LogP contribution in [0.2, 0.25) is 0 Å². The van der Waals surface area contributed by atoms with Gasteiger partial charge in [0.1, 0.15) is 11.3 Å². The van der Waals surface area contributed by atoms with Crippen molar-refractivity contribution in [1.29, 1.82) is 0 Å². The molecule has 2 aliphatic rings. The standard InChI is InChI=1S/C34H36F2N8O2/c1-8-18(5)31(29(37-7)17(3)4)44-32-26-30(27(35)25(28(32)36)24-19(6)10-11-22-21(24)15-39-41-22)38-14-20-16-42(23(45)9-2)12-13-43(20)33(26)40-34(44)46/h8-11,15,17,20,38H,1-2,12-14,16H2,3-7H3,(H,39,41)/b31-18+,37-29?. The number of anilines is 2. The lowest BCUT2D eigenvalue weighted by atomic mass is 9.93. The zero-order valence-electron chi connectivity index (χ0n) is 26.5. The van der Waals surface area contributed by atoms with Crippen molar-refractivity contribution in [2.45, 2.75) is 33.7 Å². The molecular weight excluding hydrogens is 590 g/mol. The summed E-state index contributed by atoms with van der Waals surface area (Å²) in [5.41, 5.74) is 1.86. The van der Waals surface area contributed by atoms with Crippen molar-refractivity contribution in [2.75, 3.05) is 43.4 Å². The number of aliphatic imine (C=N–C) groups is 1. The van der Waals surface area contributed by atoms with Gasteiger partial charge in [0.25, 0.3) is 0 Å². The van der Waals surface area contributed by atoms with Gasteiger partial charge in [-0.1, -0.05) is 39.1 Å². The van der Waals surface area contributed by atoms with Crippen molar-refractivity contribution >= 4 is 50.6 Å². The van der Waals surface area contributed by atoms with Gasteiger partial charge in [0.05, 0.1) is 45.8 Å². The number of amides is 1. The molecule has 46 heavy (non-hydrogen) atoms. The molecule has 2 aliphatic heterocycles. The number of benzene rings is 2. The van der Waals surface area contributed by atoms with Gasteiger partial charge >= 0.3 is 5.69 Å². The maximum atomic E-state index is 17.6. The molecule has 2 aromatic carbocycles. The monoisotopic (exact) mass is 626 g/mol. The van der Waals surface area contributed by atoms with E-state index in [2.05, 4.69) is 38.6 Å². The molecular formula is C34H36F2N8O2. The molecule has 4 heterocycles. The van der Waals surface area contributed by atoms with Crippen LogP contribution in [0.3, 0.4) is 0 Å². The van der Waals surface area contributed by atoms with Crippen molar-refractivity contribution in [3.8, 4) is 11.1 Å². The minimum Gasteiger partial charge on any atom is -0.380 e. The lowest BCUT2D eigenvalue weighted by Crippen LogP contribution is -2.57. The molecule has 1 atom stereocenters. The van der Waals surface area contributed by atoms with Gasteiger partial charge in [0.15, 0.2) is 11.6 Å². The summed E-state index contributed by atoms with van der Waals surface area (Å²) >= 11 is 0. The number of hydrogen-bond donors (Lipinski definition) is 2. The molecule has 0 spiro atoms. The number of fused-ring (bicyclic) bond motifs is 3. The van der Waals surface area contributed by atoms with E-state index in [-0.39, 0.29) is 58.9 Å². The van der Waals surface area contributed by atoms with Crippen LogP contribution in [-0.4, -0.2) is 75.5 Å². The number of aryl methyl sites for hydroxylation is 1. The van der Waals surface area contributed by atoms with Crippen LogP contribution >= 0.6 is 0 Å². The molecule has 0 aliphatic carbocycles. The molecule has 6 rings (SSSR count). The molecule has 238 valence electrons. The second kappa shape index (κ2) is 11.7. The van der Waals surface area contributed by atoms with Gasteiger partial charge in [-0.2, -0.15) is 10.1 Å². The van der Waals surface area contributed by atoms with Crippen LogP contribution in [0.15, 0.2) is 59.0 Å². The summed E-state index contributed by atoms with van der Waals surface area (Å²) in [4.78, 5) is 39.4. The van der Waals surface area contributed by atoms with E-state index in [1.165, 1.54) is 16.8 Å². The highest BCUT2D eigenvalue weighted by molar-refractivity contribution is 6.22. The minimum absolute atomic E-state index is 0.0219. The number of aromatic nitrogens is 4. The van der Waals surface area contributed by atoms with Crippen LogP contribution in [0.4, 0.5) is 20.3 Å². The van der Waals surface area contributed by atoms with Crippen molar-refractivity contribution in [3.63, 3.8) is 0 Å². The van der Waals surface area contributed by atoms with Crippen LogP contribution in [-0.2, 0) is 4.79 Å². The molecule has 0 radical (unpaired) electrons. The average Bonchev–Trinajstić information content (AvgIpc) is 3.46. The third-order valence-corrected chi connectivity index (χ3v) is 8.96. The Morgan fingerprint density at radius 1 is 1.15 bits per heavy atom. The second-order valence-electron chi connectivity index (χ2n) is 12.0. The zero-order chi connectivity index (χ0) is 33.0. The molecule has 2 N–H and O–H groups in total. The molecule has 1 fully saturated rings. The molecule has 1 unspecified atom stereocenters. The first-order valence-electron chi connectivity index (χ1n) is 15.2. The Morgan fingerprint density at radius 3 is 2.59 bits per heavy atom. The number of rotatable bonds is 6. The van der Waals surface area contributed by atoms with E-state index >= 15 is 8.78 Å². The van der Waals surface area contributed by atoms with E-state index in [1.807, 2.05) is 18.7 Å². The number of H-pyrrole nitrogens is 1. The van der Waals surface area contributed by atoms with Gasteiger partial charge in [0.2, 0.25) is 5.91 Å². The predicted octanol–water partition coefficient (Wildman–Crippen LogP) is 5.30. The number of halogens is 2. The second-order valence-corrected chi connectivity index (χ2v) is 12.0. The number of aromatic amines is 1. The summed E-state index contributed by atoms with van der Waals surface area (Å²) in [6, 6.07) is 3.20. The number of carbonyl (C=O) groups excluding carboxylic acids is 1. The van der Waals surface area contributed by atoms with Gasteiger partial charge < -0.3 is 15.1 Å². The van der Waals surface area contributed by atoms with E-state index in [0.29, 0.717) is 52.1 Å². The van der Waals surface area contributed by atoms with Crippen molar-refractivity contribution in [2.24, 2.45) is 10.9 Å². The summed E-state index contributed by atoms with van der Waals surface area (Å²) < 4.78 is 35.9. The van der Waals surface area contributed by atoms with Gasteiger partial charge in [-0.25, -0.2) is 13.6 Å². The number of allylic oxidation sites excluding steroid dienone is 3. The lowest BCUT2D eigenvalue weighted by molar-refractivity contribution is -0.126. The summed E-state index contributed by atoms with van der Waals surface area (Å²) in [6.45, 7) is 16.0. The number of nitrogens with one attached hydrogen (secondary N) is 2.